The lowest BCUT2D eigenvalue weighted by Crippen LogP contribution is -2.32. The molecular formula is C12H14BrNO3S. The van der Waals surface area contributed by atoms with Gasteiger partial charge in [-0.2, -0.15) is 0 Å². The van der Waals surface area contributed by atoms with Gasteiger partial charge in [0.1, 0.15) is 5.75 Å². The molecule has 0 aliphatic heterocycles. The number of nitrogens with one attached hydrogen (secondary N) is 1. The van der Waals surface area contributed by atoms with Crippen LogP contribution in [-0.2, 0) is 15.8 Å². The summed E-state index contributed by atoms with van der Waals surface area (Å²) in [5, 5.41) is 0. The Morgan fingerprint density at radius 2 is 2.22 bits per heavy atom. The van der Waals surface area contributed by atoms with Crippen LogP contribution in [0, 0.1) is 12.3 Å². The number of terminal acetylenes is 1. The van der Waals surface area contributed by atoms with E-state index in [1.807, 2.05) is 0 Å². The highest BCUT2D eigenvalue weighted by atomic mass is 79.9. The first kappa shape index (κ1) is 15.0. The van der Waals surface area contributed by atoms with Crippen LogP contribution >= 0.6 is 15.9 Å². The van der Waals surface area contributed by atoms with Gasteiger partial charge in [0, 0.05) is 4.47 Å². The Morgan fingerprint density at radius 3 is 2.78 bits per heavy atom. The van der Waals surface area contributed by atoms with Gasteiger partial charge in [0.15, 0.2) is 0 Å². The van der Waals surface area contributed by atoms with Gasteiger partial charge in [0.05, 0.1) is 18.9 Å². The Kier molecular flexibility index (Phi) is 5.20. The molecule has 0 unspecified atom stereocenters. The van der Waals surface area contributed by atoms with Crippen molar-refractivity contribution in [2.75, 3.05) is 7.11 Å². The largest absolute Gasteiger partial charge is 0.497 e. The van der Waals surface area contributed by atoms with Crippen LogP contribution in [0.25, 0.3) is 0 Å². The zero-order chi connectivity index (χ0) is 13.8. The van der Waals surface area contributed by atoms with Crippen LogP contribution in [-0.4, -0.2) is 21.6 Å². The summed E-state index contributed by atoms with van der Waals surface area (Å²) in [5.41, 5.74) is 0.617. The van der Waals surface area contributed by atoms with Crippen LogP contribution in [0.3, 0.4) is 0 Å². The monoisotopic (exact) mass is 331 g/mol. The molecule has 0 fully saturated rings. The van der Waals surface area contributed by atoms with E-state index in [4.69, 9.17) is 11.2 Å². The average molecular weight is 332 g/mol. The van der Waals surface area contributed by atoms with Gasteiger partial charge < -0.3 is 4.74 Å². The number of rotatable bonds is 5. The van der Waals surface area contributed by atoms with E-state index in [0.717, 1.165) is 0 Å². The summed E-state index contributed by atoms with van der Waals surface area (Å²) in [6, 6.07) is 4.63. The predicted octanol–water partition coefficient (Wildman–Crippen LogP) is 1.90. The third-order valence-corrected chi connectivity index (χ3v) is 4.38. The molecular weight excluding hydrogens is 318 g/mol. The van der Waals surface area contributed by atoms with E-state index in [1.54, 1.807) is 25.1 Å². The van der Waals surface area contributed by atoms with E-state index in [0.29, 0.717) is 15.8 Å². The number of sulfonamides is 1. The molecule has 0 heterocycles. The predicted molar refractivity (Wildman–Crippen MR) is 74.7 cm³/mol. The van der Waals surface area contributed by atoms with Crippen molar-refractivity contribution >= 4 is 26.0 Å². The van der Waals surface area contributed by atoms with Crippen LogP contribution in [0.2, 0.25) is 0 Å². The molecule has 0 saturated carbocycles. The quantitative estimate of drug-likeness (QED) is 0.838. The summed E-state index contributed by atoms with van der Waals surface area (Å²) in [4.78, 5) is 0. The third-order valence-electron chi connectivity index (χ3n) is 2.20. The van der Waals surface area contributed by atoms with E-state index in [-0.39, 0.29) is 5.75 Å². The topological polar surface area (TPSA) is 55.4 Å². The maximum Gasteiger partial charge on any atom is 0.216 e. The Hall–Kier alpha value is -1.03. The zero-order valence-corrected chi connectivity index (χ0v) is 12.5. The highest BCUT2D eigenvalue weighted by Gasteiger charge is 2.16. The van der Waals surface area contributed by atoms with Crippen molar-refractivity contribution in [3.8, 4) is 18.1 Å². The van der Waals surface area contributed by atoms with Crippen molar-refractivity contribution < 1.29 is 13.2 Å². The lowest BCUT2D eigenvalue weighted by atomic mass is 10.2. The fraction of sp³-hybridized carbons (Fsp3) is 0.333. The Balaban J connectivity index is 2.94. The second kappa shape index (κ2) is 6.23. The van der Waals surface area contributed by atoms with Crippen molar-refractivity contribution in [3.63, 3.8) is 0 Å². The minimum absolute atomic E-state index is 0.156. The molecule has 1 atom stereocenters. The minimum atomic E-state index is -3.47. The maximum atomic E-state index is 11.9. The van der Waals surface area contributed by atoms with Crippen LogP contribution in [0.1, 0.15) is 12.5 Å². The van der Waals surface area contributed by atoms with Crippen LogP contribution in [0.5, 0.6) is 5.75 Å². The molecule has 0 radical (unpaired) electrons. The molecule has 1 rings (SSSR count). The molecule has 1 N–H and O–H groups in total. The SMILES string of the molecule is C#C[C@H](C)NS(=O)(=O)Cc1cc(OC)ccc1Br. The molecule has 0 aliphatic carbocycles. The minimum Gasteiger partial charge on any atom is -0.497 e. The fourth-order valence-electron chi connectivity index (χ4n) is 1.34. The number of hydrogen-bond donors (Lipinski definition) is 1. The molecule has 0 saturated heterocycles. The summed E-state index contributed by atoms with van der Waals surface area (Å²) in [5.74, 6) is 2.77. The molecule has 1 aromatic rings. The van der Waals surface area contributed by atoms with Gasteiger partial charge in [0.25, 0.3) is 0 Å². The molecule has 0 aliphatic rings. The van der Waals surface area contributed by atoms with Crippen molar-refractivity contribution in [2.45, 2.75) is 18.7 Å². The van der Waals surface area contributed by atoms with E-state index < -0.39 is 16.1 Å². The highest BCUT2D eigenvalue weighted by molar-refractivity contribution is 9.10. The average Bonchev–Trinajstić information content (AvgIpc) is 2.31. The van der Waals surface area contributed by atoms with E-state index in [9.17, 15) is 8.42 Å². The van der Waals surface area contributed by atoms with Gasteiger partial charge in [-0.05, 0) is 30.7 Å². The first-order valence-electron chi connectivity index (χ1n) is 5.16. The van der Waals surface area contributed by atoms with Gasteiger partial charge >= 0.3 is 0 Å². The first-order chi connectivity index (χ1) is 8.38. The van der Waals surface area contributed by atoms with E-state index >= 15 is 0 Å². The van der Waals surface area contributed by atoms with Gasteiger partial charge in [-0.3, -0.25) is 0 Å². The van der Waals surface area contributed by atoms with Crippen LogP contribution in [0.4, 0.5) is 0 Å². The number of hydrogen-bond acceptors (Lipinski definition) is 3. The molecule has 18 heavy (non-hydrogen) atoms. The number of methoxy groups -OCH3 is 1. The van der Waals surface area contributed by atoms with Crippen molar-refractivity contribution in [2.24, 2.45) is 0 Å². The smallest absolute Gasteiger partial charge is 0.216 e. The Morgan fingerprint density at radius 1 is 1.56 bits per heavy atom. The number of benzene rings is 1. The second-order valence-corrected chi connectivity index (χ2v) is 6.33. The first-order valence-corrected chi connectivity index (χ1v) is 7.61. The molecule has 0 spiro atoms. The molecule has 1 aromatic carbocycles. The maximum absolute atomic E-state index is 11.9. The molecule has 0 amide bonds. The lowest BCUT2D eigenvalue weighted by Gasteiger charge is -2.11. The Bertz CT molecular complexity index is 563. The van der Waals surface area contributed by atoms with Gasteiger partial charge in [0.2, 0.25) is 10.0 Å². The molecule has 0 bridgehead atoms. The molecule has 4 nitrogen and oxygen atoms in total. The molecule has 6 heteroatoms. The zero-order valence-electron chi connectivity index (χ0n) is 10.1. The second-order valence-electron chi connectivity index (χ2n) is 3.72. The van der Waals surface area contributed by atoms with Crippen LogP contribution < -0.4 is 9.46 Å². The lowest BCUT2D eigenvalue weighted by molar-refractivity contribution is 0.414. The van der Waals surface area contributed by atoms with Crippen molar-refractivity contribution in [1.82, 2.24) is 4.72 Å². The van der Waals surface area contributed by atoms with Crippen molar-refractivity contribution in [3.05, 3.63) is 28.2 Å². The summed E-state index contributed by atoms with van der Waals surface area (Å²) in [6.45, 7) is 1.61. The summed E-state index contributed by atoms with van der Waals surface area (Å²) < 4.78 is 31.9. The molecule has 0 aromatic heterocycles. The Labute approximate surface area is 116 Å². The number of halogens is 1. The van der Waals surface area contributed by atoms with Crippen molar-refractivity contribution in [1.29, 1.82) is 0 Å². The normalized spacial score (nSPS) is 12.8. The van der Waals surface area contributed by atoms with E-state index in [1.165, 1.54) is 7.11 Å². The summed E-state index contributed by atoms with van der Waals surface area (Å²) >= 11 is 3.31. The summed E-state index contributed by atoms with van der Waals surface area (Å²) in [7, 11) is -1.94. The van der Waals surface area contributed by atoms with Gasteiger partial charge in [-0.25, -0.2) is 13.1 Å². The fourth-order valence-corrected chi connectivity index (χ4v) is 3.25. The highest BCUT2D eigenvalue weighted by Crippen LogP contribution is 2.24. The molecule has 98 valence electrons. The third kappa shape index (κ3) is 4.33. The van der Waals surface area contributed by atoms with Gasteiger partial charge in [-0.15, -0.1) is 6.42 Å². The number of ether oxygens (including phenoxy) is 1. The summed E-state index contributed by atoms with van der Waals surface area (Å²) in [6.07, 6.45) is 5.14. The standard InChI is InChI=1S/C12H14BrNO3S/c1-4-9(2)14-18(15,16)8-10-7-11(17-3)5-6-12(10)13/h1,5-7,9,14H,8H2,2-3H3/t9-/m0/s1. The van der Waals surface area contributed by atoms with Gasteiger partial charge in [-0.1, -0.05) is 21.9 Å². The van der Waals surface area contributed by atoms with Crippen LogP contribution in [0.15, 0.2) is 22.7 Å². The van der Waals surface area contributed by atoms with E-state index in [2.05, 4.69) is 26.6 Å².